The molecule has 0 aromatic rings. The highest BCUT2D eigenvalue weighted by molar-refractivity contribution is 4.95. The highest BCUT2D eigenvalue weighted by atomic mass is 15.0. The summed E-state index contributed by atoms with van der Waals surface area (Å²) in [6.45, 7) is 2.29. The fourth-order valence-corrected chi connectivity index (χ4v) is 2.49. The molecule has 2 rings (SSSR count). The maximum Gasteiger partial charge on any atom is 0.0102 e. The molecule has 0 saturated heterocycles. The van der Waals surface area contributed by atoms with Crippen LogP contribution in [0.15, 0.2) is 0 Å². The number of nitrogens with two attached hydrogens (primary N) is 1. The Bertz CT molecular complexity index is 161. The molecule has 0 aromatic carbocycles. The molecule has 2 fully saturated rings. The molecule has 2 aliphatic rings. The quantitative estimate of drug-likeness (QED) is 0.696. The van der Waals surface area contributed by atoms with Crippen molar-refractivity contribution in [2.75, 3.05) is 0 Å². The molecule has 2 aliphatic carbocycles. The molecule has 2 atom stereocenters. The van der Waals surface area contributed by atoms with Gasteiger partial charge in [0.1, 0.15) is 0 Å². The van der Waals surface area contributed by atoms with Crippen LogP contribution in [0.5, 0.6) is 0 Å². The van der Waals surface area contributed by atoms with E-state index >= 15 is 0 Å². The molecular formula is C11H22N2. The molecule has 76 valence electrons. The predicted octanol–water partition coefficient (Wildman–Crippen LogP) is 1.64. The summed E-state index contributed by atoms with van der Waals surface area (Å²) in [5, 5.41) is 3.76. The van der Waals surface area contributed by atoms with Crippen LogP contribution in [-0.2, 0) is 0 Å². The van der Waals surface area contributed by atoms with Crippen molar-refractivity contribution in [1.29, 1.82) is 0 Å². The highest BCUT2D eigenvalue weighted by Gasteiger charge is 2.36. The Labute approximate surface area is 81.3 Å². The van der Waals surface area contributed by atoms with Crippen LogP contribution in [0.1, 0.15) is 45.4 Å². The largest absolute Gasteiger partial charge is 0.328 e. The molecule has 0 heterocycles. The first-order chi connectivity index (χ1) is 6.29. The average molecular weight is 182 g/mol. The van der Waals surface area contributed by atoms with Crippen LogP contribution in [0, 0.1) is 5.92 Å². The van der Waals surface area contributed by atoms with Crippen LogP contribution in [0.3, 0.4) is 0 Å². The standard InChI is InChI=1S/C11H22N2/c1-2-8-7-11(8)13-10-5-3-9(12)4-6-10/h8-11,13H,2-7,12H2,1H3/t8-,9-,10-,11-/m1/s1. The van der Waals surface area contributed by atoms with Crippen molar-refractivity contribution in [2.24, 2.45) is 11.7 Å². The van der Waals surface area contributed by atoms with E-state index in [9.17, 15) is 0 Å². The fourth-order valence-electron chi connectivity index (χ4n) is 2.49. The van der Waals surface area contributed by atoms with Gasteiger partial charge in [0.2, 0.25) is 0 Å². The van der Waals surface area contributed by atoms with E-state index in [2.05, 4.69) is 12.2 Å². The molecule has 0 aliphatic heterocycles. The van der Waals surface area contributed by atoms with E-state index in [1.54, 1.807) is 0 Å². The average Bonchev–Trinajstić information content (AvgIpc) is 2.88. The molecule has 0 aromatic heterocycles. The van der Waals surface area contributed by atoms with Crippen molar-refractivity contribution in [3.8, 4) is 0 Å². The molecule has 13 heavy (non-hydrogen) atoms. The monoisotopic (exact) mass is 182 g/mol. The molecule has 0 radical (unpaired) electrons. The van der Waals surface area contributed by atoms with Gasteiger partial charge in [-0.2, -0.15) is 0 Å². The van der Waals surface area contributed by atoms with Gasteiger partial charge >= 0.3 is 0 Å². The lowest BCUT2D eigenvalue weighted by atomic mass is 9.92. The van der Waals surface area contributed by atoms with Gasteiger partial charge in [0.05, 0.1) is 0 Å². The zero-order chi connectivity index (χ0) is 9.26. The Kier molecular flexibility index (Phi) is 2.89. The van der Waals surface area contributed by atoms with Crippen molar-refractivity contribution in [1.82, 2.24) is 5.32 Å². The number of nitrogens with one attached hydrogen (secondary N) is 1. The summed E-state index contributed by atoms with van der Waals surface area (Å²) in [7, 11) is 0. The Morgan fingerprint density at radius 2 is 1.92 bits per heavy atom. The third-order valence-corrected chi connectivity index (χ3v) is 3.67. The Morgan fingerprint density at radius 3 is 2.46 bits per heavy atom. The maximum absolute atomic E-state index is 5.87. The molecule has 0 unspecified atom stereocenters. The van der Waals surface area contributed by atoms with E-state index in [-0.39, 0.29) is 0 Å². The van der Waals surface area contributed by atoms with Crippen LogP contribution in [0.25, 0.3) is 0 Å². The number of hydrogen-bond donors (Lipinski definition) is 2. The van der Waals surface area contributed by atoms with Crippen LogP contribution < -0.4 is 11.1 Å². The van der Waals surface area contributed by atoms with E-state index in [1.807, 2.05) is 0 Å². The normalized spacial score (nSPS) is 44.8. The van der Waals surface area contributed by atoms with Gasteiger partial charge in [0, 0.05) is 18.1 Å². The lowest BCUT2D eigenvalue weighted by Gasteiger charge is -2.27. The topological polar surface area (TPSA) is 38.0 Å². The highest BCUT2D eigenvalue weighted by Crippen LogP contribution is 2.34. The third-order valence-electron chi connectivity index (χ3n) is 3.67. The number of hydrogen-bond acceptors (Lipinski definition) is 2. The number of rotatable bonds is 3. The van der Waals surface area contributed by atoms with Gasteiger partial charge in [-0.15, -0.1) is 0 Å². The van der Waals surface area contributed by atoms with Gasteiger partial charge in [-0.1, -0.05) is 13.3 Å². The van der Waals surface area contributed by atoms with Gasteiger partial charge in [-0.3, -0.25) is 0 Å². The van der Waals surface area contributed by atoms with Crippen molar-refractivity contribution in [3.05, 3.63) is 0 Å². The second-order valence-electron chi connectivity index (χ2n) is 4.79. The van der Waals surface area contributed by atoms with E-state index in [1.165, 1.54) is 38.5 Å². The minimum atomic E-state index is 0.485. The summed E-state index contributed by atoms with van der Waals surface area (Å²) < 4.78 is 0. The summed E-state index contributed by atoms with van der Waals surface area (Å²) in [5.41, 5.74) is 5.87. The van der Waals surface area contributed by atoms with Crippen LogP contribution in [0.2, 0.25) is 0 Å². The van der Waals surface area contributed by atoms with E-state index < -0.39 is 0 Å². The van der Waals surface area contributed by atoms with Crippen LogP contribution >= 0.6 is 0 Å². The molecule has 2 heteroatoms. The SMILES string of the molecule is CC[C@@H]1C[C@H]1N[C@H]1CC[C@H](N)CC1. The molecule has 0 spiro atoms. The summed E-state index contributed by atoms with van der Waals surface area (Å²) in [5.74, 6) is 0.982. The van der Waals surface area contributed by atoms with E-state index in [0.717, 1.165) is 18.0 Å². The zero-order valence-corrected chi connectivity index (χ0v) is 8.63. The van der Waals surface area contributed by atoms with Gasteiger partial charge in [0.25, 0.3) is 0 Å². The van der Waals surface area contributed by atoms with Crippen molar-refractivity contribution in [3.63, 3.8) is 0 Å². The van der Waals surface area contributed by atoms with Crippen LogP contribution in [-0.4, -0.2) is 18.1 Å². The third kappa shape index (κ3) is 2.44. The summed E-state index contributed by atoms with van der Waals surface area (Å²) in [6.07, 6.45) is 7.81. The second-order valence-corrected chi connectivity index (χ2v) is 4.79. The molecule has 3 N–H and O–H groups in total. The minimum Gasteiger partial charge on any atom is -0.328 e. The molecule has 2 saturated carbocycles. The first kappa shape index (κ1) is 9.47. The molecular weight excluding hydrogens is 160 g/mol. The first-order valence-electron chi connectivity index (χ1n) is 5.81. The van der Waals surface area contributed by atoms with Crippen molar-refractivity contribution < 1.29 is 0 Å². The summed E-state index contributed by atoms with van der Waals surface area (Å²) >= 11 is 0. The van der Waals surface area contributed by atoms with E-state index in [4.69, 9.17) is 5.73 Å². The lowest BCUT2D eigenvalue weighted by molar-refractivity contribution is 0.336. The Balaban J connectivity index is 1.66. The minimum absolute atomic E-state index is 0.485. The van der Waals surface area contributed by atoms with Gasteiger partial charge < -0.3 is 11.1 Å². The van der Waals surface area contributed by atoms with Crippen LogP contribution in [0.4, 0.5) is 0 Å². The molecule has 0 amide bonds. The smallest absolute Gasteiger partial charge is 0.0102 e. The zero-order valence-electron chi connectivity index (χ0n) is 8.63. The van der Waals surface area contributed by atoms with Gasteiger partial charge in [-0.25, -0.2) is 0 Å². The summed E-state index contributed by atoms with van der Waals surface area (Å²) in [6, 6.07) is 2.12. The fraction of sp³-hybridized carbons (Fsp3) is 1.00. The Morgan fingerprint density at radius 1 is 1.23 bits per heavy atom. The lowest BCUT2D eigenvalue weighted by Crippen LogP contribution is -2.38. The van der Waals surface area contributed by atoms with Crippen molar-refractivity contribution >= 4 is 0 Å². The maximum atomic E-state index is 5.87. The van der Waals surface area contributed by atoms with Crippen molar-refractivity contribution in [2.45, 2.75) is 63.6 Å². The Hall–Kier alpha value is -0.0800. The predicted molar refractivity (Wildman–Crippen MR) is 55.6 cm³/mol. The molecule has 0 bridgehead atoms. The van der Waals surface area contributed by atoms with E-state index in [0.29, 0.717) is 6.04 Å². The van der Waals surface area contributed by atoms with Gasteiger partial charge in [0.15, 0.2) is 0 Å². The molecule has 2 nitrogen and oxygen atoms in total. The second kappa shape index (κ2) is 3.97. The van der Waals surface area contributed by atoms with Gasteiger partial charge in [-0.05, 0) is 38.0 Å². The summed E-state index contributed by atoms with van der Waals surface area (Å²) in [4.78, 5) is 0. The first-order valence-corrected chi connectivity index (χ1v) is 5.81.